The molecule has 0 aliphatic carbocycles. The molecule has 0 aliphatic heterocycles. The minimum atomic E-state index is -0.483. The van der Waals surface area contributed by atoms with Crippen molar-refractivity contribution in [1.29, 1.82) is 0 Å². The Hall–Kier alpha value is -1.97. The number of carbonyl (C=O) groups excluding carboxylic acids is 1. The molecule has 0 saturated carbocycles. The van der Waals surface area contributed by atoms with Gasteiger partial charge in [-0.2, -0.15) is 0 Å². The molecular formula is C10H9NO3. The van der Waals surface area contributed by atoms with Gasteiger partial charge in [-0.25, -0.2) is 4.79 Å². The summed E-state index contributed by atoms with van der Waals surface area (Å²) in [7, 11) is 1.31. The molecule has 4 nitrogen and oxygen atoms in total. The first-order valence-corrected chi connectivity index (χ1v) is 4.08. The Morgan fingerprint density at radius 3 is 2.93 bits per heavy atom. The van der Waals surface area contributed by atoms with Crippen LogP contribution in [0.25, 0.3) is 11.0 Å². The molecule has 1 heterocycles. The molecule has 0 radical (unpaired) electrons. The van der Waals surface area contributed by atoms with E-state index in [1.807, 2.05) is 0 Å². The quantitative estimate of drug-likeness (QED) is 0.551. The molecular weight excluding hydrogens is 182 g/mol. The van der Waals surface area contributed by atoms with Crippen molar-refractivity contribution in [3.63, 3.8) is 0 Å². The number of anilines is 1. The summed E-state index contributed by atoms with van der Waals surface area (Å²) >= 11 is 0. The molecule has 72 valence electrons. The van der Waals surface area contributed by atoms with E-state index in [-0.39, 0.29) is 5.56 Å². The van der Waals surface area contributed by atoms with Gasteiger partial charge >= 0.3 is 5.97 Å². The van der Waals surface area contributed by atoms with Crippen molar-refractivity contribution in [2.75, 3.05) is 12.8 Å². The molecule has 0 spiro atoms. The first-order valence-electron chi connectivity index (χ1n) is 4.08. The molecule has 0 unspecified atom stereocenters. The Bertz CT molecular complexity index is 487. The van der Waals surface area contributed by atoms with Gasteiger partial charge in [-0.05, 0) is 18.2 Å². The second kappa shape index (κ2) is 3.06. The summed E-state index contributed by atoms with van der Waals surface area (Å²) in [5.41, 5.74) is 6.78. The number of furan rings is 1. The summed E-state index contributed by atoms with van der Waals surface area (Å²) in [6.07, 6.45) is 1.51. The van der Waals surface area contributed by atoms with Crippen LogP contribution in [0.4, 0.5) is 5.69 Å². The van der Waals surface area contributed by atoms with Crippen molar-refractivity contribution >= 4 is 22.6 Å². The van der Waals surface area contributed by atoms with E-state index in [1.165, 1.54) is 13.4 Å². The number of benzene rings is 1. The fraction of sp³-hybridized carbons (Fsp3) is 0.100. The number of nitrogen functional groups attached to an aromatic ring is 1. The lowest BCUT2D eigenvalue weighted by Crippen LogP contribution is -2.05. The molecule has 0 amide bonds. The lowest BCUT2D eigenvalue weighted by atomic mass is 10.1. The fourth-order valence-corrected chi connectivity index (χ4v) is 1.36. The third-order valence-corrected chi connectivity index (χ3v) is 2.04. The van der Waals surface area contributed by atoms with E-state index >= 15 is 0 Å². The number of rotatable bonds is 1. The number of nitrogens with two attached hydrogens (primary N) is 1. The lowest BCUT2D eigenvalue weighted by Gasteiger charge is -2.03. The summed E-state index contributed by atoms with van der Waals surface area (Å²) in [5, 5.41) is 0.833. The predicted octanol–water partition coefficient (Wildman–Crippen LogP) is 1.80. The van der Waals surface area contributed by atoms with Crippen LogP contribution in [-0.4, -0.2) is 13.1 Å². The minimum absolute atomic E-state index is 0.287. The van der Waals surface area contributed by atoms with Gasteiger partial charge in [0.1, 0.15) is 11.1 Å². The van der Waals surface area contributed by atoms with Gasteiger partial charge in [-0.1, -0.05) is 0 Å². The van der Waals surface area contributed by atoms with Crippen LogP contribution in [-0.2, 0) is 4.74 Å². The van der Waals surface area contributed by atoms with Gasteiger partial charge in [0, 0.05) is 11.1 Å². The maximum absolute atomic E-state index is 11.4. The van der Waals surface area contributed by atoms with Crippen LogP contribution >= 0.6 is 0 Å². The van der Waals surface area contributed by atoms with Crippen LogP contribution in [0, 0.1) is 0 Å². The van der Waals surface area contributed by atoms with E-state index in [1.54, 1.807) is 18.2 Å². The SMILES string of the molecule is COC(=O)c1c(N)ccc2ccoc12. The van der Waals surface area contributed by atoms with Gasteiger partial charge in [-0.3, -0.25) is 0 Å². The van der Waals surface area contributed by atoms with E-state index in [4.69, 9.17) is 10.2 Å². The van der Waals surface area contributed by atoms with Crippen LogP contribution in [0.1, 0.15) is 10.4 Å². The molecule has 2 rings (SSSR count). The summed E-state index contributed by atoms with van der Waals surface area (Å²) in [6.45, 7) is 0. The zero-order valence-electron chi connectivity index (χ0n) is 7.61. The largest absolute Gasteiger partial charge is 0.465 e. The van der Waals surface area contributed by atoms with Crippen LogP contribution in [0.15, 0.2) is 28.9 Å². The van der Waals surface area contributed by atoms with Crippen molar-refractivity contribution in [3.8, 4) is 0 Å². The van der Waals surface area contributed by atoms with Crippen LogP contribution in [0.3, 0.4) is 0 Å². The second-order valence-corrected chi connectivity index (χ2v) is 2.86. The van der Waals surface area contributed by atoms with Crippen LogP contribution < -0.4 is 5.73 Å². The molecule has 0 fully saturated rings. The molecule has 0 atom stereocenters. The molecule has 2 aromatic rings. The van der Waals surface area contributed by atoms with Crippen molar-refractivity contribution in [2.45, 2.75) is 0 Å². The third-order valence-electron chi connectivity index (χ3n) is 2.04. The molecule has 4 heteroatoms. The molecule has 14 heavy (non-hydrogen) atoms. The summed E-state index contributed by atoms with van der Waals surface area (Å²) < 4.78 is 9.79. The van der Waals surface area contributed by atoms with Gasteiger partial charge in [0.05, 0.1) is 13.4 Å². The highest BCUT2D eigenvalue weighted by Crippen LogP contribution is 2.25. The van der Waals surface area contributed by atoms with Crippen LogP contribution in [0.5, 0.6) is 0 Å². The second-order valence-electron chi connectivity index (χ2n) is 2.86. The van der Waals surface area contributed by atoms with Gasteiger partial charge in [0.2, 0.25) is 0 Å². The summed E-state index contributed by atoms with van der Waals surface area (Å²) in [6, 6.07) is 5.21. The number of carbonyl (C=O) groups is 1. The molecule has 1 aromatic heterocycles. The molecule has 0 aliphatic rings. The van der Waals surface area contributed by atoms with Gasteiger partial charge < -0.3 is 14.9 Å². The summed E-state index contributed by atoms with van der Waals surface area (Å²) in [4.78, 5) is 11.4. The Morgan fingerprint density at radius 1 is 1.43 bits per heavy atom. The Labute approximate surface area is 80.3 Å². The molecule has 1 aromatic carbocycles. The fourth-order valence-electron chi connectivity index (χ4n) is 1.36. The number of methoxy groups -OCH3 is 1. The number of fused-ring (bicyclic) bond motifs is 1. The Morgan fingerprint density at radius 2 is 2.21 bits per heavy atom. The van der Waals surface area contributed by atoms with Crippen molar-refractivity contribution in [2.24, 2.45) is 0 Å². The number of ether oxygens (including phenoxy) is 1. The van der Waals surface area contributed by atoms with Gasteiger partial charge in [-0.15, -0.1) is 0 Å². The standard InChI is InChI=1S/C10H9NO3/c1-13-10(12)8-7(11)3-2-6-4-5-14-9(6)8/h2-5H,11H2,1H3. The number of hydrogen-bond donors (Lipinski definition) is 1. The van der Waals surface area contributed by atoms with Crippen molar-refractivity contribution < 1.29 is 13.9 Å². The monoisotopic (exact) mass is 191 g/mol. The predicted molar refractivity (Wildman–Crippen MR) is 52.0 cm³/mol. The minimum Gasteiger partial charge on any atom is -0.465 e. The van der Waals surface area contributed by atoms with Crippen molar-refractivity contribution in [3.05, 3.63) is 30.0 Å². The Balaban J connectivity index is 2.76. The highest BCUT2D eigenvalue weighted by Gasteiger charge is 2.16. The normalized spacial score (nSPS) is 10.4. The highest BCUT2D eigenvalue weighted by atomic mass is 16.5. The number of hydrogen-bond acceptors (Lipinski definition) is 4. The van der Waals surface area contributed by atoms with Gasteiger partial charge in [0.25, 0.3) is 0 Å². The average Bonchev–Trinajstić information content (AvgIpc) is 2.64. The molecule has 0 bridgehead atoms. The number of esters is 1. The van der Waals surface area contributed by atoms with E-state index in [2.05, 4.69) is 4.74 Å². The molecule has 0 saturated heterocycles. The first-order chi connectivity index (χ1) is 6.74. The maximum atomic E-state index is 11.4. The van der Waals surface area contributed by atoms with E-state index in [0.29, 0.717) is 11.3 Å². The average molecular weight is 191 g/mol. The highest BCUT2D eigenvalue weighted by molar-refractivity contribution is 6.06. The van der Waals surface area contributed by atoms with E-state index in [9.17, 15) is 4.79 Å². The van der Waals surface area contributed by atoms with Crippen molar-refractivity contribution in [1.82, 2.24) is 0 Å². The first kappa shape index (κ1) is 8.62. The Kier molecular flexibility index (Phi) is 1.89. The maximum Gasteiger partial charge on any atom is 0.343 e. The smallest absolute Gasteiger partial charge is 0.343 e. The summed E-state index contributed by atoms with van der Waals surface area (Å²) in [5.74, 6) is -0.483. The zero-order valence-corrected chi connectivity index (χ0v) is 7.61. The van der Waals surface area contributed by atoms with Crippen LogP contribution in [0.2, 0.25) is 0 Å². The lowest BCUT2D eigenvalue weighted by molar-refractivity contribution is 0.0603. The zero-order chi connectivity index (χ0) is 10.1. The van der Waals surface area contributed by atoms with E-state index in [0.717, 1.165) is 5.39 Å². The molecule has 2 N–H and O–H groups in total. The van der Waals surface area contributed by atoms with E-state index < -0.39 is 5.97 Å². The topological polar surface area (TPSA) is 65.5 Å². The third kappa shape index (κ3) is 1.12. The van der Waals surface area contributed by atoms with Gasteiger partial charge in [0.15, 0.2) is 0 Å².